The zero-order valence-corrected chi connectivity index (χ0v) is 15.7. The van der Waals surface area contributed by atoms with Crippen LogP contribution in [0.25, 0.3) is 0 Å². The molecule has 3 rings (SSSR count). The van der Waals surface area contributed by atoms with Gasteiger partial charge in [-0.1, -0.05) is 49.6 Å². The molecular formula is C21H34N2O. The van der Waals surface area contributed by atoms with Crippen LogP contribution in [-0.2, 0) is 5.54 Å². The molecule has 1 saturated carbocycles. The maximum atomic E-state index is 10.9. The summed E-state index contributed by atoms with van der Waals surface area (Å²) in [5.41, 5.74) is 1.11. The molecule has 1 aromatic rings. The average molecular weight is 331 g/mol. The Morgan fingerprint density at radius 1 is 1.08 bits per heavy atom. The third-order valence-corrected chi connectivity index (χ3v) is 6.39. The van der Waals surface area contributed by atoms with Crippen LogP contribution >= 0.6 is 0 Å². The minimum Gasteiger partial charge on any atom is -0.390 e. The van der Waals surface area contributed by atoms with Crippen LogP contribution in [0.2, 0.25) is 0 Å². The van der Waals surface area contributed by atoms with Crippen molar-refractivity contribution in [3.05, 3.63) is 35.9 Å². The van der Waals surface area contributed by atoms with Crippen LogP contribution in [0.4, 0.5) is 0 Å². The Bertz CT molecular complexity index is 520. The molecule has 3 heteroatoms. The Morgan fingerprint density at radius 3 is 2.38 bits per heavy atom. The maximum absolute atomic E-state index is 10.9. The summed E-state index contributed by atoms with van der Waals surface area (Å²) in [6.07, 6.45) is 7.39. The van der Waals surface area contributed by atoms with Gasteiger partial charge in [0.2, 0.25) is 0 Å². The van der Waals surface area contributed by atoms with Gasteiger partial charge in [0.05, 0.1) is 5.60 Å². The summed E-state index contributed by atoms with van der Waals surface area (Å²) in [6.45, 7) is 4.99. The third kappa shape index (κ3) is 3.54. The van der Waals surface area contributed by atoms with Crippen LogP contribution in [0.1, 0.15) is 51.0 Å². The predicted molar refractivity (Wildman–Crippen MR) is 100 cm³/mol. The molecule has 0 radical (unpaired) electrons. The first kappa shape index (κ1) is 17.9. The number of hydrogen-bond acceptors (Lipinski definition) is 3. The summed E-state index contributed by atoms with van der Waals surface area (Å²) in [5, 5.41) is 10.9. The number of piperidine rings is 1. The molecule has 0 aromatic heterocycles. The van der Waals surface area contributed by atoms with Crippen LogP contribution in [0, 0.1) is 5.92 Å². The van der Waals surface area contributed by atoms with Crippen LogP contribution in [-0.4, -0.2) is 54.2 Å². The van der Waals surface area contributed by atoms with Gasteiger partial charge in [0.25, 0.3) is 0 Å². The summed E-state index contributed by atoms with van der Waals surface area (Å²) < 4.78 is 0. The van der Waals surface area contributed by atoms with E-state index in [4.69, 9.17) is 0 Å². The molecule has 2 aliphatic rings. The second kappa shape index (κ2) is 7.15. The lowest BCUT2D eigenvalue weighted by atomic mass is 9.72. The van der Waals surface area contributed by atoms with Crippen molar-refractivity contribution in [2.24, 2.45) is 5.92 Å². The van der Waals surface area contributed by atoms with E-state index in [9.17, 15) is 5.11 Å². The zero-order chi connectivity index (χ0) is 17.2. The molecule has 1 saturated heterocycles. The van der Waals surface area contributed by atoms with Crippen molar-refractivity contribution in [1.82, 2.24) is 9.80 Å². The molecule has 24 heavy (non-hydrogen) atoms. The quantitative estimate of drug-likeness (QED) is 0.915. The average Bonchev–Trinajstić information content (AvgIpc) is 2.58. The number of hydrogen-bond donors (Lipinski definition) is 1. The fourth-order valence-corrected chi connectivity index (χ4v) is 4.88. The van der Waals surface area contributed by atoms with Gasteiger partial charge in [-0.2, -0.15) is 0 Å². The molecule has 2 fully saturated rings. The van der Waals surface area contributed by atoms with Gasteiger partial charge in [-0.25, -0.2) is 0 Å². The van der Waals surface area contributed by atoms with E-state index >= 15 is 0 Å². The first-order chi connectivity index (χ1) is 11.4. The number of likely N-dealkylation sites (tertiary alicyclic amines) is 1. The SMILES string of the molecule is CN(C)C[C@H]1CN(C2(c3ccccc3)CCCCC2)CC[C@@]1(C)O. The summed E-state index contributed by atoms with van der Waals surface area (Å²) in [5.74, 6) is 0.309. The van der Waals surface area contributed by atoms with Gasteiger partial charge in [0, 0.05) is 31.1 Å². The van der Waals surface area contributed by atoms with Gasteiger partial charge < -0.3 is 10.0 Å². The van der Waals surface area contributed by atoms with Gasteiger partial charge in [0.1, 0.15) is 0 Å². The standard InChI is InChI=1S/C21H34N2O/c1-20(24)14-15-23(17-19(20)16-22(2)3)21(12-8-5-9-13-21)18-10-6-4-7-11-18/h4,6-7,10-11,19,24H,5,8-9,12-17H2,1-3H3/t19-,20+/m0/s1. The van der Waals surface area contributed by atoms with Crippen molar-refractivity contribution in [2.45, 2.75) is 56.6 Å². The highest BCUT2D eigenvalue weighted by Crippen LogP contribution is 2.45. The molecule has 1 aliphatic carbocycles. The minimum absolute atomic E-state index is 0.181. The van der Waals surface area contributed by atoms with Crippen molar-refractivity contribution < 1.29 is 5.11 Å². The van der Waals surface area contributed by atoms with Crippen molar-refractivity contribution in [3.63, 3.8) is 0 Å². The minimum atomic E-state index is -0.548. The smallest absolute Gasteiger partial charge is 0.0684 e. The molecule has 1 aliphatic heterocycles. The Hall–Kier alpha value is -0.900. The number of nitrogens with zero attached hydrogens (tertiary/aromatic N) is 2. The van der Waals surface area contributed by atoms with Gasteiger partial charge in [0.15, 0.2) is 0 Å². The highest BCUT2D eigenvalue weighted by Gasteiger charge is 2.46. The lowest BCUT2D eigenvalue weighted by Crippen LogP contribution is -2.59. The van der Waals surface area contributed by atoms with E-state index < -0.39 is 5.60 Å². The third-order valence-electron chi connectivity index (χ3n) is 6.39. The summed E-state index contributed by atoms with van der Waals surface area (Å²) in [7, 11) is 4.23. The van der Waals surface area contributed by atoms with E-state index in [-0.39, 0.29) is 5.54 Å². The lowest BCUT2D eigenvalue weighted by molar-refractivity contribution is -0.0994. The number of rotatable bonds is 4. The molecular weight excluding hydrogens is 296 g/mol. The van der Waals surface area contributed by atoms with Crippen LogP contribution in [0.5, 0.6) is 0 Å². The first-order valence-corrected chi connectivity index (χ1v) is 9.62. The van der Waals surface area contributed by atoms with Gasteiger partial charge in [-0.15, -0.1) is 0 Å². The summed E-state index contributed by atoms with van der Waals surface area (Å²) in [6, 6.07) is 11.1. The van der Waals surface area contributed by atoms with E-state index in [1.54, 1.807) is 0 Å². The second-order valence-electron chi connectivity index (χ2n) is 8.47. The molecule has 2 atom stereocenters. The molecule has 1 N–H and O–H groups in total. The second-order valence-corrected chi connectivity index (χ2v) is 8.47. The van der Waals surface area contributed by atoms with E-state index in [0.29, 0.717) is 5.92 Å². The van der Waals surface area contributed by atoms with E-state index in [1.807, 2.05) is 6.92 Å². The van der Waals surface area contributed by atoms with Crippen molar-refractivity contribution in [3.8, 4) is 0 Å². The number of benzene rings is 1. The molecule has 1 heterocycles. The Labute approximate surface area is 147 Å². The molecule has 0 spiro atoms. The molecule has 0 amide bonds. The number of aliphatic hydroxyl groups is 1. The normalized spacial score (nSPS) is 31.3. The topological polar surface area (TPSA) is 26.7 Å². The van der Waals surface area contributed by atoms with E-state index in [2.05, 4.69) is 54.2 Å². The Kier molecular flexibility index (Phi) is 5.33. The molecule has 134 valence electrons. The van der Waals surface area contributed by atoms with Crippen LogP contribution < -0.4 is 0 Å². The predicted octanol–water partition coefficient (Wildman–Crippen LogP) is 3.48. The van der Waals surface area contributed by atoms with Crippen molar-refractivity contribution in [1.29, 1.82) is 0 Å². The van der Waals surface area contributed by atoms with E-state index in [1.165, 1.54) is 37.7 Å². The van der Waals surface area contributed by atoms with Crippen LogP contribution in [0.15, 0.2) is 30.3 Å². The summed E-state index contributed by atoms with van der Waals surface area (Å²) >= 11 is 0. The largest absolute Gasteiger partial charge is 0.390 e. The first-order valence-electron chi connectivity index (χ1n) is 9.62. The Balaban J connectivity index is 1.88. The molecule has 3 nitrogen and oxygen atoms in total. The lowest BCUT2D eigenvalue weighted by Gasteiger charge is -2.53. The van der Waals surface area contributed by atoms with Crippen LogP contribution in [0.3, 0.4) is 0 Å². The van der Waals surface area contributed by atoms with Gasteiger partial charge in [-0.05, 0) is 45.8 Å². The van der Waals surface area contributed by atoms with Gasteiger partial charge in [-0.3, -0.25) is 4.90 Å². The zero-order valence-electron chi connectivity index (χ0n) is 15.7. The fourth-order valence-electron chi connectivity index (χ4n) is 4.88. The molecule has 0 unspecified atom stereocenters. The van der Waals surface area contributed by atoms with Gasteiger partial charge >= 0.3 is 0 Å². The van der Waals surface area contributed by atoms with Crippen molar-refractivity contribution >= 4 is 0 Å². The van der Waals surface area contributed by atoms with Crippen molar-refractivity contribution in [2.75, 3.05) is 33.7 Å². The highest BCUT2D eigenvalue weighted by atomic mass is 16.3. The highest BCUT2D eigenvalue weighted by molar-refractivity contribution is 5.26. The van der Waals surface area contributed by atoms with E-state index in [0.717, 1.165) is 26.1 Å². The molecule has 0 bridgehead atoms. The summed E-state index contributed by atoms with van der Waals surface area (Å²) in [4.78, 5) is 4.94. The fraction of sp³-hybridized carbons (Fsp3) is 0.714. The monoisotopic (exact) mass is 330 g/mol. The maximum Gasteiger partial charge on any atom is 0.0684 e. The Morgan fingerprint density at radius 2 is 1.75 bits per heavy atom. The molecule has 1 aromatic carbocycles.